The summed E-state index contributed by atoms with van der Waals surface area (Å²) in [6.07, 6.45) is 4.72. The van der Waals surface area contributed by atoms with E-state index in [2.05, 4.69) is 22.0 Å². The molecule has 5 aliphatic rings. The number of methoxy groups -OCH3 is 1. The maximum Gasteiger partial charge on any atom is 0.339 e. The van der Waals surface area contributed by atoms with Crippen LogP contribution in [0.3, 0.4) is 0 Å². The zero-order valence-corrected chi connectivity index (χ0v) is 22.0. The number of nitrogens with zero attached hydrogens (tertiary/aromatic N) is 3. The van der Waals surface area contributed by atoms with Gasteiger partial charge in [0.05, 0.1) is 12.7 Å². The minimum Gasteiger partial charge on any atom is -0.496 e. The van der Waals surface area contributed by atoms with E-state index in [4.69, 9.17) is 9.72 Å². The third kappa shape index (κ3) is 4.46. The van der Waals surface area contributed by atoms with E-state index in [0.717, 1.165) is 63.2 Å². The molecule has 1 aromatic heterocycles. The van der Waals surface area contributed by atoms with Gasteiger partial charge < -0.3 is 30.1 Å². The molecular formula is C29H36N4O5. The van der Waals surface area contributed by atoms with E-state index < -0.39 is 11.6 Å². The van der Waals surface area contributed by atoms with Crippen LogP contribution < -0.4 is 19.9 Å². The Morgan fingerprint density at radius 2 is 1.87 bits per heavy atom. The van der Waals surface area contributed by atoms with Gasteiger partial charge in [0.25, 0.3) is 5.91 Å². The number of amides is 1. The van der Waals surface area contributed by atoms with Crippen LogP contribution in [0.5, 0.6) is 5.75 Å². The number of hydrogen-bond acceptors (Lipinski definition) is 7. The molecule has 0 spiro atoms. The Morgan fingerprint density at radius 3 is 2.53 bits per heavy atom. The van der Waals surface area contributed by atoms with Gasteiger partial charge >= 0.3 is 5.97 Å². The minimum absolute atomic E-state index is 0.122. The Hall–Kier alpha value is -3.33. The van der Waals surface area contributed by atoms with Crippen molar-refractivity contribution in [2.75, 3.05) is 36.5 Å². The number of benzene rings is 1. The Bertz CT molecular complexity index is 1240. The van der Waals surface area contributed by atoms with Gasteiger partial charge in [-0.25, -0.2) is 9.78 Å². The number of carboxylic acid groups (broad SMARTS) is 1. The number of carbonyl (C=O) groups is 2. The number of aliphatic hydroxyl groups is 1. The molecule has 3 atom stereocenters. The molecule has 0 radical (unpaired) electrons. The van der Waals surface area contributed by atoms with Crippen molar-refractivity contribution in [3.05, 3.63) is 47.7 Å². The van der Waals surface area contributed by atoms with E-state index in [-0.39, 0.29) is 23.6 Å². The van der Waals surface area contributed by atoms with Crippen molar-refractivity contribution in [3.63, 3.8) is 0 Å². The Labute approximate surface area is 222 Å². The average molecular weight is 521 g/mol. The average Bonchev–Trinajstić information content (AvgIpc) is 2.89. The van der Waals surface area contributed by atoms with Gasteiger partial charge in [-0.3, -0.25) is 4.79 Å². The molecule has 3 N–H and O–H groups in total. The lowest BCUT2D eigenvalue weighted by molar-refractivity contribution is -0.136. The number of nitrogens with one attached hydrogen (secondary N) is 1. The SMILES string of the molecule is COc1cc(N2CCN(c3cccc(C(=O)NC4C5CC6CC4CC(O)(C6)C5)n3)[C@@H](C)C2)ccc1C(=O)O. The van der Waals surface area contributed by atoms with Crippen LogP contribution in [-0.4, -0.2) is 71.5 Å². The van der Waals surface area contributed by atoms with Crippen LogP contribution >= 0.6 is 0 Å². The fraction of sp³-hybridized carbons (Fsp3) is 0.552. The predicted molar refractivity (Wildman–Crippen MR) is 143 cm³/mol. The summed E-state index contributed by atoms with van der Waals surface area (Å²) >= 11 is 0. The molecule has 4 bridgehead atoms. The van der Waals surface area contributed by atoms with Crippen LogP contribution in [0.15, 0.2) is 36.4 Å². The molecule has 202 valence electrons. The smallest absolute Gasteiger partial charge is 0.339 e. The first kappa shape index (κ1) is 25.0. The number of piperazine rings is 1. The van der Waals surface area contributed by atoms with Crippen LogP contribution in [-0.2, 0) is 0 Å². The Kier molecular flexibility index (Phi) is 6.21. The molecule has 2 heterocycles. The van der Waals surface area contributed by atoms with Gasteiger partial charge in [0, 0.05) is 43.5 Å². The zero-order valence-electron chi connectivity index (χ0n) is 22.0. The molecule has 9 heteroatoms. The third-order valence-electron chi connectivity index (χ3n) is 9.21. The molecular weight excluding hydrogens is 484 g/mol. The van der Waals surface area contributed by atoms with Crippen molar-refractivity contribution < 1.29 is 24.5 Å². The van der Waals surface area contributed by atoms with Gasteiger partial charge in [-0.2, -0.15) is 0 Å². The number of aromatic nitrogens is 1. The lowest BCUT2D eigenvalue weighted by atomic mass is 9.52. The summed E-state index contributed by atoms with van der Waals surface area (Å²) in [4.78, 5) is 33.9. The second kappa shape index (κ2) is 9.45. The highest BCUT2D eigenvalue weighted by Gasteiger charge is 2.55. The molecule has 4 aliphatic carbocycles. The molecule has 9 nitrogen and oxygen atoms in total. The molecule has 1 aromatic carbocycles. The van der Waals surface area contributed by atoms with Crippen LogP contribution in [0.1, 0.15) is 59.9 Å². The summed E-state index contributed by atoms with van der Waals surface area (Å²) in [6, 6.07) is 11.1. The van der Waals surface area contributed by atoms with Gasteiger partial charge in [-0.15, -0.1) is 0 Å². The van der Waals surface area contributed by atoms with E-state index in [1.54, 1.807) is 18.2 Å². The molecule has 1 saturated heterocycles. The van der Waals surface area contributed by atoms with Gasteiger partial charge in [0.1, 0.15) is 22.8 Å². The highest BCUT2D eigenvalue weighted by Crippen LogP contribution is 2.55. The third-order valence-corrected chi connectivity index (χ3v) is 9.21. The quantitative estimate of drug-likeness (QED) is 0.532. The number of hydrogen-bond donors (Lipinski definition) is 3. The standard InChI is InChI=1S/C29H36N4O5/c1-17-16-32(21-6-7-22(28(35)36)24(12-21)38-2)8-9-33(17)25-5-3-4-23(30-25)27(34)31-26-19-10-18-11-20(26)15-29(37,13-18)14-19/h3-7,12,17-20,26,37H,8-11,13-16H2,1-2H3,(H,31,34)(H,35,36)/t17-,18?,19?,20?,26?,29?/m0/s1. The van der Waals surface area contributed by atoms with Gasteiger partial charge in [0.2, 0.25) is 0 Å². The highest BCUT2D eigenvalue weighted by atomic mass is 16.5. The molecule has 7 rings (SSSR count). The number of carbonyl (C=O) groups excluding carboxylic acids is 1. The largest absolute Gasteiger partial charge is 0.496 e. The lowest BCUT2D eigenvalue weighted by Gasteiger charge is -2.58. The number of rotatable bonds is 6. The van der Waals surface area contributed by atoms with Gasteiger partial charge in [-0.1, -0.05) is 6.07 Å². The summed E-state index contributed by atoms with van der Waals surface area (Å²) in [5, 5.41) is 23.5. The molecule has 2 aromatic rings. The van der Waals surface area contributed by atoms with Crippen LogP contribution in [0.4, 0.5) is 11.5 Å². The molecule has 1 aliphatic heterocycles. The van der Waals surface area contributed by atoms with E-state index in [0.29, 0.717) is 29.2 Å². The number of anilines is 2. The summed E-state index contributed by atoms with van der Waals surface area (Å²) < 4.78 is 5.30. The summed E-state index contributed by atoms with van der Waals surface area (Å²) in [6.45, 7) is 4.30. The number of carboxylic acids is 1. The van der Waals surface area contributed by atoms with Crippen molar-refractivity contribution in [3.8, 4) is 5.75 Å². The normalized spacial score (nSPS) is 31.8. The van der Waals surface area contributed by atoms with Crippen LogP contribution in [0, 0.1) is 17.8 Å². The van der Waals surface area contributed by atoms with Crippen molar-refractivity contribution >= 4 is 23.4 Å². The van der Waals surface area contributed by atoms with E-state index >= 15 is 0 Å². The Morgan fingerprint density at radius 1 is 1.11 bits per heavy atom. The second-order valence-corrected chi connectivity index (χ2v) is 11.8. The monoisotopic (exact) mass is 520 g/mol. The van der Waals surface area contributed by atoms with Crippen molar-refractivity contribution in [2.45, 2.75) is 56.7 Å². The van der Waals surface area contributed by atoms with Crippen molar-refractivity contribution in [2.24, 2.45) is 17.8 Å². The first-order chi connectivity index (χ1) is 18.2. The maximum absolute atomic E-state index is 13.3. The lowest BCUT2D eigenvalue weighted by Crippen LogP contribution is -2.61. The fourth-order valence-corrected chi connectivity index (χ4v) is 7.74. The number of ether oxygens (including phenoxy) is 1. The van der Waals surface area contributed by atoms with E-state index in [1.807, 2.05) is 18.2 Å². The van der Waals surface area contributed by atoms with E-state index in [1.165, 1.54) is 7.11 Å². The minimum atomic E-state index is -1.01. The predicted octanol–water partition coefficient (Wildman–Crippen LogP) is 3.17. The van der Waals surface area contributed by atoms with E-state index in [9.17, 15) is 19.8 Å². The molecule has 38 heavy (non-hydrogen) atoms. The van der Waals surface area contributed by atoms with Crippen LogP contribution in [0.2, 0.25) is 0 Å². The van der Waals surface area contributed by atoms with Crippen molar-refractivity contribution in [1.82, 2.24) is 10.3 Å². The molecule has 2 unspecified atom stereocenters. The molecule has 4 saturated carbocycles. The maximum atomic E-state index is 13.3. The summed E-state index contributed by atoms with van der Waals surface area (Å²) in [7, 11) is 1.48. The summed E-state index contributed by atoms with van der Waals surface area (Å²) in [5.41, 5.74) is 0.975. The topological polar surface area (TPSA) is 115 Å². The Balaban J connectivity index is 1.12. The fourth-order valence-electron chi connectivity index (χ4n) is 7.74. The van der Waals surface area contributed by atoms with Gasteiger partial charge in [-0.05, 0) is 81.0 Å². The first-order valence-electron chi connectivity index (χ1n) is 13.7. The second-order valence-electron chi connectivity index (χ2n) is 11.8. The zero-order chi connectivity index (χ0) is 26.6. The van der Waals surface area contributed by atoms with Crippen LogP contribution in [0.25, 0.3) is 0 Å². The molecule has 5 fully saturated rings. The number of aromatic carboxylic acids is 1. The van der Waals surface area contributed by atoms with Crippen molar-refractivity contribution in [1.29, 1.82) is 0 Å². The molecule has 1 amide bonds. The highest BCUT2D eigenvalue weighted by molar-refractivity contribution is 5.93. The van der Waals surface area contributed by atoms with Gasteiger partial charge in [0.15, 0.2) is 0 Å². The summed E-state index contributed by atoms with van der Waals surface area (Å²) in [5.74, 6) is 1.30. The first-order valence-corrected chi connectivity index (χ1v) is 13.7. The number of pyridine rings is 1.